The Morgan fingerprint density at radius 1 is 1.14 bits per heavy atom. The van der Waals surface area contributed by atoms with Gasteiger partial charge in [-0.25, -0.2) is 0 Å². The SMILES string of the molecule is CC(Oc1ccc(Cl)cc1Cl)C(=O)Nc1cc(N)ccc1Cl. The Balaban J connectivity index is 2.07. The highest BCUT2D eigenvalue weighted by molar-refractivity contribution is 6.35. The summed E-state index contributed by atoms with van der Waals surface area (Å²) in [7, 11) is 0. The van der Waals surface area contributed by atoms with Gasteiger partial charge in [0.25, 0.3) is 5.91 Å². The molecule has 0 aliphatic heterocycles. The lowest BCUT2D eigenvalue weighted by molar-refractivity contribution is -0.122. The van der Waals surface area contributed by atoms with Crippen molar-refractivity contribution in [3.63, 3.8) is 0 Å². The third-order valence-corrected chi connectivity index (χ3v) is 3.68. The van der Waals surface area contributed by atoms with Gasteiger partial charge in [-0.1, -0.05) is 34.8 Å². The summed E-state index contributed by atoms with van der Waals surface area (Å²) in [6.45, 7) is 1.60. The molecule has 0 heterocycles. The normalized spacial score (nSPS) is 11.8. The summed E-state index contributed by atoms with van der Waals surface area (Å²) in [6.07, 6.45) is -0.781. The largest absolute Gasteiger partial charge is 0.479 e. The van der Waals surface area contributed by atoms with E-state index in [0.717, 1.165) is 0 Å². The van der Waals surface area contributed by atoms with Gasteiger partial charge >= 0.3 is 0 Å². The number of carbonyl (C=O) groups is 1. The highest BCUT2D eigenvalue weighted by atomic mass is 35.5. The van der Waals surface area contributed by atoms with E-state index in [-0.39, 0.29) is 5.91 Å². The minimum atomic E-state index is -0.781. The van der Waals surface area contributed by atoms with Crippen LogP contribution in [0.5, 0.6) is 5.75 Å². The van der Waals surface area contributed by atoms with Gasteiger partial charge in [-0.05, 0) is 43.3 Å². The number of nitrogen functional groups attached to an aromatic ring is 1. The average molecular weight is 360 g/mol. The Hall–Kier alpha value is -1.62. The molecule has 2 aromatic carbocycles. The number of hydrogen-bond acceptors (Lipinski definition) is 3. The van der Waals surface area contributed by atoms with Crippen LogP contribution in [-0.4, -0.2) is 12.0 Å². The fourth-order valence-corrected chi connectivity index (χ4v) is 2.31. The first-order chi connectivity index (χ1) is 10.4. The zero-order chi connectivity index (χ0) is 16.3. The molecule has 0 bridgehead atoms. The number of benzene rings is 2. The first kappa shape index (κ1) is 16.7. The van der Waals surface area contributed by atoms with Crippen LogP contribution in [0.2, 0.25) is 15.1 Å². The van der Waals surface area contributed by atoms with Crippen molar-refractivity contribution in [2.45, 2.75) is 13.0 Å². The van der Waals surface area contributed by atoms with E-state index in [2.05, 4.69) is 5.32 Å². The standard InChI is InChI=1S/C15H13Cl3N2O2/c1-8(22-14-5-2-9(16)6-12(14)18)15(21)20-13-7-10(19)3-4-11(13)17/h2-8H,19H2,1H3,(H,20,21). The minimum absolute atomic E-state index is 0.328. The van der Waals surface area contributed by atoms with Crippen LogP contribution in [0.15, 0.2) is 36.4 Å². The van der Waals surface area contributed by atoms with Crippen LogP contribution in [0.25, 0.3) is 0 Å². The number of anilines is 2. The molecule has 0 aliphatic rings. The molecule has 0 fully saturated rings. The van der Waals surface area contributed by atoms with Gasteiger partial charge in [0.2, 0.25) is 0 Å². The minimum Gasteiger partial charge on any atom is -0.479 e. The highest BCUT2D eigenvalue weighted by Gasteiger charge is 2.17. The van der Waals surface area contributed by atoms with E-state index >= 15 is 0 Å². The maximum Gasteiger partial charge on any atom is 0.265 e. The molecule has 22 heavy (non-hydrogen) atoms. The monoisotopic (exact) mass is 358 g/mol. The van der Waals surface area contributed by atoms with Gasteiger partial charge in [0.15, 0.2) is 6.10 Å². The number of nitrogens with one attached hydrogen (secondary N) is 1. The second-order valence-corrected chi connectivity index (χ2v) is 5.81. The summed E-state index contributed by atoms with van der Waals surface area (Å²) in [6, 6.07) is 9.59. The van der Waals surface area contributed by atoms with Crippen molar-refractivity contribution < 1.29 is 9.53 Å². The lowest BCUT2D eigenvalue weighted by Crippen LogP contribution is -2.30. The van der Waals surface area contributed by atoms with Gasteiger partial charge in [0.1, 0.15) is 5.75 Å². The lowest BCUT2D eigenvalue weighted by atomic mass is 10.2. The lowest BCUT2D eigenvalue weighted by Gasteiger charge is -2.16. The second-order valence-electron chi connectivity index (χ2n) is 4.56. The fourth-order valence-electron chi connectivity index (χ4n) is 1.69. The molecule has 2 rings (SSSR count). The van der Waals surface area contributed by atoms with Crippen molar-refractivity contribution >= 4 is 52.1 Å². The highest BCUT2D eigenvalue weighted by Crippen LogP contribution is 2.29. The molecule has 1 amide bonds. The van der Waals surface area contributed by atoms with Crippen molar-refractivity contribution in [1.29, 1.82) is 0 Å². The van der Waals surface area contributed by atoms with Crippen molar-refractivity contribution in [1.82, 2.24) is 0 Å². The molecule has 0 aromatic heterocycles. The Kier molecular flexibility index (Phi) is 5.40. The number of halogens is 3. The van der Waals surface area contributed by atoms with Crippen LogP contribution < -0.4 is 15.8 Å². The molecule has 0 spiro atoms. The zero-order valence-electron chi connectivity index (χ0n) is 11.6. The molecule has 7 heteroatoms. The maximum atomic E-state index is 12.2. The number of hydrogen-bond donors (Lipinski definition) is 2. The Morgan fingerprint density at radius 2 is 1.86 bits per heavy atom. The Labute approximate surface area is 143 Å². The molecular formula is C15H13Cl3N2O2. The topological polar surface area (TPSA) is 64.3 Å². The molecule has 0 saturated carbocycles. The van der Waals surface area contributed by atoms with E-state index in [1.807, 2.05) is 0 Å². The molecule has 3 N–H and O–H groups in total. The summed E-state index contributed by atoms with van der Waals surface area (Å²) in [4.78, 5) is 12.2. The van der Waals surface area contributed by atoms with Crippen LogP contribution >= 0.6 is 34.8 Å². The van der Waals surface area contributed by atoms with Crippen molar-refractivity contribution in [3.8, 4) is 5.75 Å². The Morgan fingerprint density at radius 3 is 2.55 bits per heavy atom. The zero-order valence-corrected chi connectivity index (χ0v) is 13.8. The van der Waals surface area contributed by atoms with E-state index in [4.69, 9.17) is 45.3 Å². The third kappa shape index (κ3) is 4.19. The first-order valence-corrected chi connectivity index (χ1v) is 7.48. The van der Waals surface area contributed by atoms with Crippen molar-refractivity contribution in [3.05, 3.63) is 51.5 Å². The summed E-state index contributed by atoms with van der Waals surface area (Å²) in [5.74, 6) is -0.00842. The third-order valence-electron chi connectivity index (χ3n) is 2.82. The Bertz CT molecular complexity index is 707. The number of carbonyl (C=O) groups excluding carboxylic acids is 1. The van der Waals surface area contributed by atoms with Crippen LogP contribution in [0, 0.1) is 0 Å². The average Bonchev–Trinajstić information content (AvgIpc) is 2.45. The molecular weight excluding hydrogens is 347 g/mol. The van der Waals surface area contributed by atoms with E-state index in [9.17, 15) is 4.79 Å². The quantitative estimate of drug-likeness (QED) is 0.782. The maximum absolute atomic E-state index is 12.2. The van der Waals surface area contributed by atoms with E-state index in [1.165, 1.54) is 6.07 Å². The molecule has 116 valence electrons. The molecule has 0 radical (unpaired) electrons. The molecule has 2 aromatic rings. The number of nitrogens with two attached hydrogens (primary N) is 1. The van der Waals surface area contributed by atoms with Gasteiger partial charge in [-0.15, -0.1) is 0 Å². The van der Waals surface area contributed by atoms with Crippen LogP contribution in [-0.2, 0) is 4.79 Å². The van der Waals surface area contributed by atoms with Gasteiger partial charge in [0, 0.05) is 10.7 Å². The number of rotatable bonds is 4. The summed E-state index contributed by atoms with van der Waals surface area (Å²) < 4.78 is 5.53. The predicted octanol–water partition coefficient (Wildman–Crippen LogP) is 4.64. The summed E-state index contributed by atoms with van der Waals surface area (Å²) in [5.41, 5.74) is 6.58. The van der Waals surface area contributed by atoms with Gasteiger partial charge in [0.05, 0.1) is 15.7 Å². The summed E-state index contributed by atoms with van der Waals surface area (Å²) in [5, 5.41) is 3.86. The first-order valence-electron chi connectivity index (χ1n) is 6.34. The molecule has 0 aliphatic carbocycles. The smallest absolute Gasteiger partial charge is 0.265 e. The molecule has 1 unspecified atom stereocenters. The van der Waals surface area contributed by atoms with Crippen molar-refractivity contribution in [2.24, 2.45) is 0 Å². The molecule has 0 saturated heterocycles. The summed E-state index contributed by atoms with van der Waals surface area (Å²) >= 11 is 17.8. The molecule has 1 atom stereocenters. The van der Waals surface area contributed by atoms with Gasteiger partial charge in [-0.3, -0.25) is 4.79 Å². The van der Waals surface area contributed by atoms with Gasteiger partial charge in [-0.2, -0.15) is 0 Å². The van der Waals surface area contributed by atoms with Crippen LogP contribution in [0.1, 0.15) is 6.92 Å². The fraction of sp³-hybridized carbons (Fsp3) is 0.133. The van der Waals surface area contributed by atoms with Crippen LogP contribution in [0.3, 0.4) is 0 Å². The molecule has 4 nitrogen and oxygen atoms in total. The second kappa shape index (κ2) is 7.09. The predicted molar refractivity (Wildman–Crippen MR) is 91.0 cm³/mol. The van der Waals surface area contributed by atoms with E-state index in [1.54, 1.807) is 37.3 Å². The van der Waals surface area contributed by atoms with Gasteiger partial charge < -0.3 is 15.8 Å². The number of amides is 1. The van der Waals surface area contributed by atoms with Crippen LogP contribution in [0.4, 0.5) is 11.4 Å². The van der Waals surface area contributed by atoms with E-state index in [0.29, 0.717) is 32.2 Å². The number of ether oxygens (including phenoxy) is 1. The van der Waals surface area contributed by atoms with Crippen molar-refractivity contribution in [2.75, 3.05) is 11.1 Å². The van der Waals surface area contributed by atoms with E-state index < -0.39 is 6.10 Å².